The van der Waals surface area contributed by atoms with Crippen LogP contribution in [0.15, 0.2) is 41.5 Å². The van der Waals surface area contributed by atoms with Crippen molar-refractivity contribution in [2.45, 2.75) is 19.5 Å². The van der Waals surface area contributed by atoms with Crippen LogP contribution in [-0.4, -0.2) is 56.3 Å². The number of aliphatic carboxylic acids is 1. The SMILES string of the molecule is CN=CC(=CN)c1cccc(/C=C/c2cc(OC)c(CN[C@@H](CO)C(=O)O)c(OC)c2)c1C. The second-order valence-corrected chi connectivity index (χ2v) is 7.22. The molecule has 176 valence electrons. The van der Waals surface area contributed by atoms with Crippen molar-refractivity contribution in [1.82, 2.24) is 5.32 Å². The highest BCUT2D eigenvalue weighted by atomic mass is 16.5. The van der Waals surface area contributed by atoms with Crippen molar-refractivity contribution in [3.8, 4) is 11.5 Å². The molecule has 0 aliphatic heterocycles. The van der Waals surface area contributed by atoms with Gasteiger partial charge in [0.25, 0.3) is 0 Å². The van der Waals surface area contributed by atoms with Gasteiger partial charge >= 0.3 is 5.97 Å². The minimum Gasteiger partial charge on any atom is -0.496 e. The highest BCUT2D eigenvalue weighted by Gasteiger charge is 2.18. The Balaban J connectivity index is 2.38. The van der Waals surface area contributed by atoms with Gasteiger partial charge < -0.3 is 25.4 Å². The number of aliphatic hydroxyl groups excluding tert-OH is 1. The Labute approximate surface area is 194 Å². The fourth-order valence-electron chi connectivity index (χ4n) is 3.40. The van der Waals surface area contributed by atoms with Gasteiger partial charge in [-0.25, -0.2) is 0 Å². The number of carboxylic acid groups (broad SMARTS) is 1. The lowest BCUT2D eigenvalue weighted by Crippen LogP contribution is -2.39. The van der Waals surface area contributed by atoms with Crippen molar-refractivity contribution in [1.29, 1.82) is 0 Å². The molecule has 2 rings (SSSR count). The lowest BCUT2D eigenvalue weighted by Gasteiger charge is -2.17. The van der Waals surface area contributed by atoms with Crippen LogP contribution in [0.3, 0.4) is 0 Å². The summed E-state index contributed by atoms with van der Waals surface area (Å²) in [7, 11) is 4.78. The van der Waals surface area contributed by atoms with E-state index in [9.17, 15) is 9.90 Å². The molecule has 0 fully saturated rings. The van der Waals surface area contributed by atoms with Crippen LogP contribution in [0.4, 0.5) is 0 Å². The fourth-order valence-corrected chi connectivity index (χ4v) is 3.40. The van der Waals surface area contributed by atoms with Crippen LogP contribution in [-0.2, 0) is 11.3 Å². The maximum absolute atomic E-state index is 11.2. The van der Waals surface area contributed by atoms with Crippen molar-refractivity contribution in [2.24, 2.45) is 10.7 Å². The number of allylic oxidation sites excluding steroid dienone is 1. The molecule has 0 amide bonds. The molecule has 2 aromatic rings. The molecule has 0 saturated heterocycles. The Hall–Kier alpha value is -3.62. The smallest absolute Gasteiger partial charge is 0.323 e. The Kier molecular flexibility index (Phi) is 9.65. The average Bonchev–Trinajstić information content (AvgIpc) is 2.82. The largest absolute Gasteiger partial charge is 0.496 e. The summed E-state index contributed by atoms with van der Waals surface area (Å²) in [6, 6.07) is 8.58. The van der Waals surface area contributed by atoms with Gasteiger partial charge in [-0.3, -0.25) is 15.1 Å². The zero-order valence-corrected chi connectivity index (χ0v) is 19.3. The maximum atomic E-state index is 11.2. The van der Waals surface area contributed by atoms with Crippen molar-refractivity contribution >= 4 is 29.9 Å². The van der Waals surface area contributed by atoms with Crippen LogP contribution in [0.25, 0.3) is 17.7 Å². The summed E-state index contributed by atoms with van der Waals surface area (Å²) in [6.45, 7) is 1.66. The first-order valence-corrected chi connectivity index (χ1v) is 10.3. The summed E-state index contributed by atoms with van der Waals surface area (Å²) >= 11 is 0. The second-order valence-electron chi connectivity index (χ2n) is 7.22. The van der Waals surface area contributed by atoms with Crippen molar-refractivity contribution in [3.63, 3.8) is 0 Å². The zero-order chi connectivity index (χ0) is 24.4. The van der Waals surface area contributed by atoms with Gasteiger partial charge in [-0.05, 0) is 41.3 Å². The van der Waals surface area contributed by atoms with Crippen LogP contribution in [0.5, 0.6) is 11.5 Å². The Bertz CT molecular complexity index is 1030. The molecule has 0 aliphatic carbocycles. The van der Waals surface area contributed by atoms with Gasteiger partial charge in [0, 0.05) is 37.1 Å². The lowest BCUT2D eigenvalue weighted by molar-refractivity contribution is -0.140. The number of hydrogen-bond donors (Lipinski definition) is 4. The van der Waals surface area contributed by atoms with Gasteiger partial charge in [0.15, 0.2) is 0 Å². The highest BCUT2D eigenvalue weighted by molar-refractivity contribution is 6.10. The molecule has 8 heteroatoms. The molecular weight excluding hydrogens is 422 g/mol. The molecule has 0 radical (unpaired) electrons. The quantitative estimate of drug-likeness (QED) is 0.304. The van der Waals surface area contributed by atoms with Gasteiger partial charge in [0.2, 0.25) is 0 Å². The number of aliphatic imine (C=N–C) groups is 1. The van der Waals surface area contributed by atoms with Crippen LogP contribution in [0.1, 0.15) is 27.8 Å². The van der Waals surface area contributed by atoms with Crippen molar-refractivity contribution in [2.75, 3.05) is 27.9 Å². The van der Waals surface area contributed by atoms with Crippen molar-refractivity contribution < 1.29 is 24.5 Å². The van der Waals surface area contributed by atoms with E-state index in [0.717, 1.165) is 27.8 Å². The van der Waals surface area contributed by atoms with E-state index in [0.29, 0.717) is 17.1 Å². The third kappa shape index (κ3) is 6.44. The van der Waals surface area contributed by atoms with Gasteiger partial charge in [-0.15, -0.1) is 0 Å². The van der Waals surface area contributed by atoms with Gasteiger partial charge in [-0.2, -0.15) is 0 Å². The van der Waals surface area contributed by atoms with Crippen LogP contribution >= 0.6 is 0 Å². The second kappa shape index (κ2) is 12.4. The summed E-state index contributed by atoms with van der Waals surface area (Å²) in [5, 5.41) is 21.2. The topological polar surface area (TPSA) is 126 Å². The summed E-state index contributed by atoms with van der Waals surface area (Å²) in [6.07, 6.45) is 7.21. The van der Waals surface area contributed by atoms with E-state index < -0.39 is 18.6 Å². The lowest BCUT2D eigenvalue weighted by atomic mass is 9.96. The molecule has 0 bridgehead atoms. The van der Waals surface area contributed by atoms with E-state index in [1.807, 2.05) is 49.4 Å². The Morgan fingerprint density at radius 2 is 1.88 bits per heavy atom. The standard InChI is InChI=1S/C25H31N3O5/c1-16-18(6-5-7-20(16)19(12-26)13-27-2)9-8-17-10-23(32-3)21(24(11-17)33-4)14-28-22(15-29)25(30)31/h5-13,22,28-29H,14-15,26H2,1-4H3,(H,30,31)/b9-8+,19-12?,27-13?/t22-/m0/s1. The van der Waals surface area contributed by atoms with Crippen LogP contribution in [0, 0.1) is 6.92 Å². The molecule has 1 atom stereocenters. The number of carboxylic acids is 1. The summed E-state index contributed by atoms with van der Waals surface area (Å²) < 4.78 is 11.0. The van der Waals surface area contributed by atoms with E-state index in [2.05, 4.69) is 10.3 Å². The van der Waals surface area contributed by atoms with Gasteiger partial charge in [0.05, 0.1) is 20.8 Å². The number of nitrogens with one attached hydrogen (secondary N) is 1. The number of benzene rings is 2. The van der Waals surface area contributed by atoms with Crippen molar-refractivity contribution in [3.05, 3.63) is 64.3 Å². The van der Waals surface area contributed by atoms with Gasteiger partial charge in [0.1, 0.15) is 17.5 Å². The Morgan fingerprint density at radius 3 is 2.39 bits per heavy atom. The number of aliphatic hydroxyl groups is 1. The molecule has 0 saturated carbocycles. The third-order valence-electron chi connectivity index (χ3n) is 5.23. The summed E-state index contributed by atoms with van der Waals surface area (Å²) in [4.78, 5) is 15.2. The minimum absolute atomic E-state index is 0.155. The number of hydrogen-bond acceptors (Lipinski definition) is 7. The third-order valence-corrected chi connectivity index (χ3v) is 5.23. The molecule has 2 aromatic carbocycles. The Morgan fingerprint density at radius 1 is 1.21 bits per heavy atom. The normalized spacial score (nSPS) is 12.9. The number of rotatable bonds is 11. The first kappa shape index (κ1) is 25.6. The van der Waals surface area contributed by atoms with Crippen LogP contribution in [0.2, 0.25) is 0 Å². The number of nitrogens with zero attached hydrogens (tertiary/aromatic N) is 1. The molecule has 0 heterocycles. The van der Waals surface area contributed by atoms with E-state index in [-0.39, 0.29) is 6.54 Å². The summed E-state index contributed by atoms with van der Waals surface area (Å²) in [5.74, 6) is -0.0476. The first-order valence-electron chi connectivity index (χ1n) is 10.3. The average molecular weight is 454 g/mol. The number of nitrogens with two attached hydrogens (primary N) is 1. The van der Waals surface area contributed by atoms with Crippen LogP contribution < -0.4 is 20.5 Å². The molecule has 0 aliphatic rings. The van der Waals surface area contributed by atoms with Gasteiger partial charge in [-0.1, -0.05) is 30.4 Å². The number of methoxy groups -OCH3 is 2. The summed E-state index contributed by atoms with van der Waals surface area (Å²) in [5.41, 5.74) is 11.2. The minimum atomic E-state index is -1.13. The predicted octanol–water partition coefficient (Wildman–Crippen LogP) is 2.72. The molecule has 5 N–H and O–H groups in total. The highest BCUT2D eigenvalue weighted by Crippen LogP contribution is 2.32. The van der Waals surface area contributed by atoms with E-state index in [1.54, 1.807) is 13.3 Å². The number of carbonyl (C=O) groups is 1. The molecule has 0 aromatic heterocycles. The maximum Gasteiger partial charge on any atom is 0.323 e. The fraction of sp³-hybridized carbons (Fsp3) is 0.280. The monoisotopic (exact) mass is 453 g/mol. The van der Waals surface area contributed by atoms with E-state index >= 15 is 0 Å². The molecule has 8 nitrogen and oxygen atoms in total. The predicted molar refractivity (Wildman–Crippen MR) is 132 cm³/mol. The number of ether oxygens (including phenoxy) is 2. The molecular formula is C25H31N3O5. The molecule has 0 spiro atoms. The van der Waals surface area contributed by atoms with E-state index in [1.165, 1.54) is 20.4 Å². The van der Waals surface area contributed by atoms with E-state index in [4.69, 9.17) is 20.3 Å². The molecule has 0 unspecified atom stereocenters. The zero-order valence-electron chi connectivity index (χ0n) is 19.3. The molecule has 33 heavy (non-hydrogen) atoms. The first-order chi connectivity index (χ1) is 15.9.